The van der Waals surface area contributed by atoms with Gasteiger partial charge in [0.2, 0.25) is 5.75 Å². The minimum Gasteiger partial charge on any atom is -0.493 e. The topological polar surface area (TPSA) is 129 Å². The fourth-order valence-electron chi connectivity index (χ4n) is 4.66. The van der Waals surface area contributed by atoms with Gasteiger partial charge in [-0.3, -0.25) is 0 Å². The second kappa shape index (κ2) is 12.5. The zero-order chi connectivity index (χ0) is 28.8. The normalized spacial score (nSPS) is 11.6. The van der Waals surface area contributed by atoms with Gasteiger partial charge in [0.15, 0.2) is 11.5 Å². The zero-order valence-corrected chi connectivity index (χ0v) is 22.9. The van der Waals surface area contributed by atoms with Gasteiger partial charge >= 0.3 is 5.97 Å². The number of nitrogens with zero attached hydrogens (tertiary/aromatic N) is 2. The quantitative estimate of drug-likeness (QED) is 0.258. The highest BCUT2D eigenvalue weighted by atomic mass is 16.5. The Kier molecular flexibility index (Phi) is 8.88. The standard InChI is InChI=1S/C19H17NO5.C12H16N2O/c1-23-16-8-11(9-17(24-2)18(16)25-3)15-10-13(19(21)22)12-6-4-5-7-14(12)20-15;1-14-7-9(6-10(13)8-15)11-4-2-3-5-12(11)14/h4-10H,1-3H3,(H,21,22);2-5,7,10,15H,6,8,13H2,1H3. The second-order valence-electron chi connectivity index (χ2n) is 9.22. The number of benzene rings is 3. The molecule has 2 heterocycles. The summed E-state index contributed by atoms with van der Waals surface area (Å²) in [4.78, 5) is 16.2. The average Bonchev–Trinajstić information content (AvgIpc) is 3.30. The molecule has 0 saturated heterocycles. The summed E-state index contributed by atoms with van der Waals surface area (Å²) in [5.41, 5.74) is 10.1. The molecule has 4 N–H and O–H groups in total. The van der Waals surface area contributed by atoms with Crippen molar-refractivity contribution in [3.63, 3.8) is 0 Å². The highest BCUT2D eigenvalue weighted by molar-refractivity contribution is 6.03. The van der Waals surface area contributed by atoms with Crippen LogP contribution in [0.4, 0.5) is 0 Å². The van der Waals surface area contributed by atoms with Gasteiger partial charge in [0, 0.05) is 41.1 Å². The maximum Gasteiger partial charge on any atom is 0.336 e. The van der Waals surface area contributed by atoms with E-state index in [-0.39, 0.29) is 18.2 Å². The fourth-order valence-corrected chi connectivity index (χ4v) is 4.66. The van der Waals surface area contributed by atoms with Crippen LogP contribution in [-0.2, 0) is 13.5 Å². The first kappa shape index (κ1) is 28.4. The van der Waals surface area contributed by atoms with Gasteiger partial charge in [-0.05, 0) is 42.3 Å². The molecule has 1 atom stereocenters. The van der Waals surface area contributed by atoms with Crippen molar-refractivity contribution in [1.29, 1.82) is 0 Å². The lowest BCUT2D eigenvalue weighted by atomic mass is 10.0. The molecule has 5 aromatic rings. The monoisotopic (exact) mass is 543 g/mol. The summed E-state index contributed by atoms with van der Waals surface area (Å²) in [6.07, 6.45) is 2.80. The molecule has 9 heteroatoms. The minimum atomic E-state index is -1.01. The molecule has 1 unspecified atom stereocenters. The van der Waals surface area contributed by atoms with Crippen molar-refractivity contribution in [2.24, 2.45) is 12.8 Å². The summed E-state index contributed by atoms with van der Waals surface area (Å²) in [5, 5.41) is 20.3. The number of methoxy groups -OCH3 is 3. The van der Waals surface area contributed by atoms with Crippen LogP contribution >= 0.6 is 0 Å². The van der Waals surface area contributed by atoms with E-state index in [1.54, 1.807) is 36.4 Å². The summed E-state index contributed by atoms with van der Waals surface area (Å²) >= 11 is 0. The van der Waals surface area contributed by atoms with Crippen LogP contribution in [0.15, 0.2) is 72.9 Å². The molecule has 0 spiro atoms. The number of nitrogens with two attached hydrogens (primary N) is 1. The van der Waals surface area contributed by atoms with E-state index in [1.165, 1.54) is 37.8 Å². The largest absolute Gasteiger partial charge is 0.493 e. The van der Waals surface area contributed by atoms with E-state index in [1.807, 2.05) is 25.2 Å². The smallest absolute Gasteiger partial charge is 0.336 e. The molecular weight excluding hydrogens is 510 g/mol. The number of fused-ring (bicyclic) bond motifs is 2. The van der Waals surface area contributed by atoms with Gasteiger partial charge < -0.3 is 34.7 Å². The van der Waals surface area contributed by atoms with Gasteiger partial charge in [-0.25, -0.2) is 9.78 Å². The van der Waals surface area contributed by atoms with Crippen LogP contribution < -0.4 is 19.9 Å². The molecule has 208 valence electrons. The molecule has 40 heavy (non-hydrogen) atoms. The van der Waals surface area contributed by atoms with Crippen LogP contribution in [0.3, 0.4) is 0 Å². The summed E-state index contributed by atoms with van der Waals surface area (Å²) < 4.78 is 18.1. The number of aromatic nitrogens is 2. The van der Waals surface area contributed by atoms with E-state index in [0.717, 1.165) is 6.42 Å². The van der Waals surface area contributed by atoms with Crippen LogP contribution in [0.25, 0.3) is 33.1 Å². The molecule has 2 aromatic heterocycles. The first-order valence-electron chi connectivity index (χ1n) is 12.6. The third-order valence-corrected chi connectivity index (χ3v) is 6.60. The van der Waals surface area contributed by atoms with Crippen molar-refractivity contribution in [2.45, 2.75) is 12.5 Å². The SMILES string of the molecule is COc1cc(-c2cc(C(=O)O)c3ccccc3n2)cc(OC)c1OC.Cn1cc(CC(N)CO)c2ccccc21. The van der Waals surface area contributed by atoms with Crippen molar-refractivity contribution >= 4 is 27.8 Å². The van der Waals surface area contributed by atoms with Crippen LogP contribution in [0.5, 0.6) is 17.2 Å². The molecule has 0 amide bonds. The number of aliphatic hydroxyl groups excluding tert-OH is 1. The third kappa shape index (κ3) is 5.85. The third-order valence-electron chi connectivity index (χ3n) is 6.60. The first-order chi connectivity index (χ1) is 19.3. The minimum absolute atomic E-state index is 0.0310. The molecule has 3 aromatic carbocycles. The Morgan fingerprint density at radius 1 is 0.950 bits per heavy atom. The van der Waals surface area contributed by atoms with Gasteiger partial charge in [-0.2, -0.15) is 0 Å². The molecule has 0 bridgehead atoms. The molecule has 0 aliphatic carbocycles. The Morgan fingerprint density at radius 3 is 2.17 bits per heavy atom. The number of carboxylic acid groups (broad SMARTS) is 1. The molecule has 0 aliphatic rings. The number of carboxylic acids is 1. The Balaban J connectivity index is 0.000000210. The number of aromatic carboxylic acids is 1. The van der Waals surface area contributed by atoms with Gasteiger partial charge in [0.05, 0.1) is 44.7 Å². The van der Waals surface area contributed by atoms with E-state index in [0.29, 0.717) is 39.4 Å². The molecule has 5 rings (SSSR count). The summed E-state index contributed by atoms with van der Waals surface area (Å²) in [6, 6.07) is 20.2. The number of aliphatic hydroxyl groups is 1. The highest BCUT2D eigenvalue weighted by Gasteiger charge is 2.17. The number of hydrogen-bond donors (Lipinski definition) is 3. The average molecular weight is 544 g/mol. The zero-order valence-electron chi connectivity index (χ0n) is 22.9. The number of para-hydroxylation sites is 2. The molecule has 0 fully saturated rings. The van der Waals surface area contributed by atoms with Gasteiger partial charge in [-0.15, -0.1) is 0 Å². The number of rotatable bonds is 8. The highest BCUT2D eigenvalue weighted by Crippen LogP contribution is 2.41. The van der Waals surface area contributed by atoms with E-state index in [2.05, 4.69) is 27.9 Å². The Bertz CT molecular complexity index is 1620. The van der Waals surface area contributed by atoms with E-state index >= 15 is 0 Å². The first-order valence-corrected chi connectivity index (χ1v) is 12.6. The van der Waals surface area contributed by atoms with Crippen molar-refractivity contribution in [3.05, 3.63) is 84.1 Å². The Morgan fingerprint density at radius 2 is 1.57 bits per heavy atom. The molecule has 0 saturated carbocycles. The number of aryl methyl sites for hydroxylation is 1. The summed E-state index contributed by atoms with van der Waals surface area (Å²) in [7, 11) is 6.60. The van der Waals surface area contributed by atoms with Gasteiger partial charge in [0.1, 0.15) is 0 Å². The Hall–Kier alpha value is -4.60. The van der Waals surface area contributed by atoms with Crippen molar-refractivity contribution in [3.8, 4) is 28.5 Å². The summed E-state index contributed by atoms with van der Waals surface area (Å²) in [5.74, 6) is 0.410. The molecular formula is C31H33N3O6. The number of hydrogen-bond acceptors (Lipinski definition) is 7. The van der Waals surface area contributed by atoms with Crippen molar-refractivity contribution < 1.29 is 29.2 Å². The Labute approximate surface area is 232 Å². The molecule has 0 aliphatic heterocycles. The van der Waals surface area contributed by atoms with Crippen LogP contribution in [-0.4, -0.2) is 59.7 Å². The summed E-state index contributed by atoms with van der Waals surface area (Å²) in [6.45, 7) is 0.0310. The lowest BCUT2D eigenvalue weighted by Crippen LogP contribution is -2.26. The van der Waals surface area contributed by atoms with Crippen LogP contribution in [0.1, 0.15) is 15.9 Å². The van der Waals surface area contributed by atoms with Crippen LogP contribution in [0, 0.1) is 0 Å². The van der Waals surface area contributed by atoms with Gasteiger partial charge in [-0.1, -0.05) is 36.4 Å². The number of pyridine rings is 1. The second-order valence-corrected chi connectivity index (χ2v) is 9.22. The fraction of sp³-hybridized carbons (Fsp3) is 0.226. The predicted octanol–water partition coefficient (Wildman–Crippen LogP) is 4.67. The predicted molar refractivity (Wildman–Crippen MR) is 155 cm³/mol. The van der Waals surface area contributed by atoms with Crippen LogP contribution in [0.2, 0.25) is 0 Å². The lowest BCUT2D eigenvalue weighted by Gasteiger charge is -2.14. The number of carbonyl (C=O) groups is 1. The van der Waals surface area contributed by atoms with Crippen molar-refractivity contribution in [2.75, 3.05) is 27.9 Å². The van der Waals surface area contributed by atoms with E-state index in [4.69, 9.17) is 25.1 Å². The lowest BCUT2D eigenvalue weighted by molar-refractivity contribution is 0.0699. The molecule has 9 nitrogen and oxygen atoms in total. The van der Waals surface area contributed by atoms with Crippen molar-refractivity contribution in [1.82, 2.24) is 9.55 Å². The van der Waals surface area contributed by atoms with Gasteiger partial charge in [0.25, 0.3) is 0 Å². The number of ether oxygens (including phenoxy) is 3. The van der Waals surface area contributed by atoms with E-state index in [9.17, 15) is 9.90 Å². The molecule has 0 radical (unpaired) electrons. The maximum atomic E-state index is 11.6. The maximum absolute atomic E-state index is 11.6. The van der Waals surface area contributed by atoms with E-state index < -0.39 is 5.97 Å².